The monoisotopic (exact) mass is 153 g/mol. The van der Waals surface area contributed by atoms with Gasteiger partial charge in [-0.2, -0.15) is 0 Å². The summed E-state index contributed by atoms with van der Waals surface area (Å²) in [6.45, 7) is 8.29. The fourth-order valence-electron chi connectivity index (χ4n) is 0.831. The van der Waals surface area contributed by atoms with E-state index in [0.29, 0.717) is 0 Å². The molecule has 1 aromatic heterocycles. The summed E-state index contributed by atoms with van der Waals surface area (Å²) >= 11 is 0. The van der Waals surface area contributed by atoms with Crippen LogP contribution < -0.4 is 5.32 Å². The Morgan fingerprint density at radius 1 is 1.45 bits per heavy atom. The second-order valence-electron chi connectivity index (χ2n) is 3.79. The van der Waals surface area contributed by atoms with Crippen LogP contribution in [-0.2, 0) is 0 Å². The third-order valence-electron chi connectivity index (χ3n) is 1.20. The van der Waals surface area contributed by atoms with Crippen LogP contribution in [0.4, 0.5) is 5.95 Å². The molecule has 0 bridgehead atoms. The molecule has 1 aromatic rings. The smallest absolute Gasteiger partial charge is 0.200 e. The highest BCUT2D eigenvalue weighted by Crippen LogP contribution is 2.09. The van der Waals surface area contributed by atoms with Crippen molar-refractivity contribution in [3.63, 3.8) is 0 Å². The number of aromatic amines is 1. The number of nitrogens with one attached hydrogen (secondary N) is 2. The maximum absolute atomic E-state index is 4.13. The summed E-state index contributed by atoms with van der Waals surface area (Å²) in [7, 11) is 0. The second kappa shape index (κ2) is 2.57. The van der Waals surface area contributed by atoms with Crippen molar-refractivity contribution in [1.82, 2.24) is 9.97 Å². The van der Waals surface area contributed by atoms with Crippen LogP contribution in [0.25, 0.3) is 0 Å². The predicted molar refractivity (Wildman–Crippen MR) is 46.7 cm³/mol. The molecule has 1 rings (SSSR count). The molecule has 0 aliphatic carbocycles. The first-order valence-corrected chi connectivity index (χ1v) is 3.77. The summed E-state index contributed by atoms with van der Waals surface area (Å²) in [5.74, 6) is 0.843. The lowest BCUT2D eigenvalue weighted by molar-refractivity contribution is 0.627. The lowest BCUT2D eigenvalue weighted by Crippen LogP contribution is -2.26. The van der Waals surface area contributed by atoms with E-state index in [0.717, 1.165) is 11.6 Å². The van der Waals surface area contributed by atoms with Crippen molar-refractivity contribution in [3.8, 4) is 0 Å². The van der Waals surface area contributed by atoms with E-state index in [4.69, 9.17) is 0 Å². The molecule has 2 N–H and O–H groups in total. The summed E-state index contributed by atoms with van der Waals surface area (Å²) < 4.78 is 0. The quantitative estimate of drug-likeness (QED) is 0.647. The van der Waals surface area contributed by atoms with E-state index in [9.17, 15) is 0 Å². The highest BCUT2D eigenvalue weighted by Gasteiger charge is 2.10. The first-order valence-electron chi connectivity index (χ1n) is 3.77. The van der Waals surface area contributed by atoms with E-state index >= 15 is 0 Å². The van der Waals surface area contributed by atoms with Gasteiger partial charge in [0, 0.05) is 17.4 Å². The van der Waals surface area contributed by atoms with Crippen LogP contribution in [0.5, 0.6) is 0 Å². The number of nitrogens with zero attached hydrogens (tertiary/aromatic N) is 1. The van der Waals surface area contributed by atoms with Gasteiger partial charge >= 0.3 is 0 Å². The molecule has 11 heavy (non-hydrogen) atoms. The summed E-state index contributed by atoms with van der Waals surface area (Å²) in [6, 6.07) is 0. The molecule has 0 radical (unpaired) electrons. The molecule has 3 nitrogen and oxygen atoms in total. The number of imidazole rings is 1. The average Bonchev–Trinajstić information content (AvgIpc) is 2.10. The average molecular weight is 153 g/mol. The van der Waals surface area contributed by atoms with E-state index in [1.165, 1.54) is 0 Å². The molecule has 0 aliphatic heterocycles. The van der Waals surface area contributed by atoms with Gasteiger partial charge in [0.1, 0.15) is 0 Å². The van der Waals surface area contributed by atoms with Gasteiger partial charge in [-0.05, 0) is 27.7 Å². The highest BCUT2D eigenvalue weighted by atomic mass is 15.1. The number of anilines is 1. The number of aromatic nitrogens is 2. The Labute approximate surface area is 67.2 Å². The van der Waals surface area contributed by atoms with E-state index in [-0.39, 0.29) is 5.54 Å². The minimum absolute atomic E-state index is 0.0737. The first-order chi connectivity index (χ1) is 4.97. The molecule has 62 valence electrons. The Bertz CT molecular complexity index is 232. The fourth-order valence-corrected chi connectivity index (χ4v) is 0.831. The summed E-state index contributed by atoms with van der Waals surface area (Å²) in [5.41, 5.74) is 1.15. The van der Waals surface area contributed by atoms with Crippen LogP contribution in [0.15, 0.2) is 6.20 Å². The van der Waals surface area contributed by atoms with Gasteiger partial charge in [-0.15, -0.1) is 0 Å². The number of hydrogen-bond donors (Lipinski definition) is 2. The summed E-state index contributed by atoms with van der Waals surface area (Å²) in [5, 5.41) is 3.24. The molecule has 0 unspecified atom stereocenters. The van der Waals surface area contributed by atoms with Gasteiger partial charge in [0.15, 0.2) is 0 Å². The number of rotatable bonds is 1. The van der Waals surface area contributed by atoms with Crippen LogP contribution >= 0.6 is 0 Å². The fraction of sp³-hybridized carbons (Fsp3) is 0.625. The molecule has 0 saturated carbocycles. The largest absolute Gasteiger partial charge is 0.351 e. The van der Waals surface area contributed by atoms with Crippen molar-refractivity contribution >= 4 is 5.95 Å². The van der Waals surface area contributed by atoms with E-state index in [2.05, 4.69) is 36.1 Å². The molecule has 3 heteroatoms. The molecular weight excluding hydrogens is 138 g/mol. The Hall–Kier alpha value is -0.990. The standard InChI is InChI=1S/C8H15N3/c1-6-5-9-7(10-6)11-8(2,3)4/h5H,1-4H3,(H2,9,10,11). The zero-order valence-electron chi connectivity index (χ0n) is 7.52. The van der Waals surface area contributed by atoms with Gasteiger partial charge in [-0.3, -0.25) is 0 Å². The topological polar surface area (TPSA) is 40.7 Å². The molecule has 1 heterocycles. The van der Waals surface area contributed by atoms with Crippen molar-refractivity contribution in [2.45, 2.75) is 33.2 Å². The first kappa shape index (κ1) is 8.11. The number of hydrogen-bond acceptors (Lipinski definition) is 2. The Morgan fingerprint density at radius 2 is 2.09 bits per heavy atom. The van der Waals surface area contributed by atoms with Gasteiger partial charge in [0.05, 0.1) is 0 Å². The van der Waals surface area contributed by atoms with Crippen molar-refractivity contribution in [2.75, 3.05) is 5.32 Å². The molecule has 0 atom stereocenters. The molecule has 0 spiro atoms. The van der Waals surface area contributed by atoms with E-state index in [1.807, 2.05) is 13.1 Å². The van der Waals surface area contributed by atoms with Crippen LogP contribution in [0.2, 0.25) is 0 Å². The Kier molecular flexibility index (Phi) is 1.89. The lowest BCUT2D eigenvalue weighted by atomic mass is 10.1. The van der Waals surface area contributed by atoms with E-state index < -0.39 is 0 Å². The third-order valence-corrected chi connectivity index (χ3v) is 1.20. The predicted octanol–water partition coefficient (Wildman–Crippen LogP) is 1.93. The van der Waals surface area contributed by atoms with Gasteiger partial charge in [-0.25, -0.2) is 4.98 Å². The molecular formula is C8H15N3. The molecule has 0 fully saturated rings. The highest BCUT2D eigenvalue weighted by molar-refractivity contribution is 5.28. The zero-order chi connectivity index (χ0) is 8.48. The summed E-state index contributed by atoms with van der Waals surface area (Å²) in [6.07, 6.45) is 1.81. The van der Waals surface area contributed by atoms with Crippen LogP contribution in [0.1, 0.15) is 26.5 Å². The maximum atomic E-state index is 4.13. The minimum Gasteiger partial charge on any atom is -0.351 e. The van der Waals surface area contributed by atoms with E-state index in [1.54, 1.807) is 0 Å². The van der Waals surface area contributed by atoms with Crippen LogP contribution in [-0.4, -0.2) is 15.5 Å². The lowest BCUT2D eigenvalue weighted by Gasteiger charge is -2.19. The number of aryl methyl sites for hydroxylation is 1. The van der Waals surface area contributed by atoms with Crippen molar-refractivity contribution in [3.05, 3.63) is 11.9 Å². The Morgan fingerprint density at radius 3 is 2.45 bits per heavy atom. The maximum Gasteiger partial charge on any atom is 0.200 e. The van der Waals surface area contributed by atoms with Crippen LogP contribution in [0, 0.1) is 6.92 Å². The number of H-pyrrole nitrogens is 1. The molecule has 0 aromatic carbocycles. The SMILES string of the molecule is Cc1cnc(NC(C)(C)C)[nH]1. The zero-order valence-corrected chi connectivity index (χ0v) is 7.52. The summed E-state index contributed by atoms with van der Waals surface area (Å²) in [4.78, 5) is 7.24. The van der Waals surface area contributed by atoms with Gasteiger partial charge in [0.2, 0.25) is 5.95 Å². The van der Waals surface area contributed by atoms with Gasteiger partial charge < -0.3 is 10.3 Å². The van der Waals surface area contributed by atoms with Gasteiger partial charge in [-0.1, -0.05) is 0 Å². The van der Waals surface area contributed by atoms with Crippen molar-refractivity contribution < 1.29 is 0 Å². The molecule has 0 aliphatic rings. The van der Waals surface area contributed by atoms with Gasteiger partial charge in [0.25, 0.3) is 0 Å². The second-order valence-corrected chi connectivity index (χ2v) is 3.79. The Balaban J connectivity index is 2.65. The van der Waals surface area contributed by atoms with Crippen molar-refractivity contribution in [2.24, 2.45) is 0 Å². The normalized spacial score (nSPS) is 11.6. The minimum atomic E-state index is 0.0737. The third kappa shape index (κ3) is 2.62. The van der Waals surface area contributed by atoms with Crippen LogP contribution in [0.3, 0.4) is 0 Å². The molecule has 0 amide bonds. The molecule has 0 saturated heterocycles. The van der Waals surface area contributed by atoms with Crippen molar-refractivity contribution in [1.29, 1.82) is 0 Å².